The quantitative estimate of drug-likeness (QED) is 0.631. The van der Waals surface area contributed by atoms with E-state index in [1.165, 1.54) is 22.7 Å². The second kappa shape index (κ2) is 7.71. The van der Waals surface area contributed by atoms with Crippen LogP contribution in [0.1, 0.15) is 29.8 Å². The Balaban J connectivity index is 1.62. The topological polar surface area (TPSA) is 54.5 Å². The number of aromatic nitrogens is 1. The molecule has 28 heavy (non-hydrogen) atoms. The van der Waals surface area contributed by atoms with E-state index in [9.17, 15) is 13.6 Å². The molecule has 0 fully saturated rings. The number of hydrogen-bond donors (Lipinski definition) is 1. The smallest absolute Gasteiger partial charge is 0.387 e. The van der Waals surface area contributed by atoms with E-state index in [0.717, 1.165) is 12.8 Å². The van der Waals surface area contributed by atoms with E-state index in [0.29, 0.717) is 17.6 Å². The summed E-state index contributed by atoms with van der Waals surface area (Å²) in [6.45, 7) is -0.238. The number of fused-ring (bicyclic) bond motifs is 2. The van der Waals surface area contributed by atoms with Gasteiger partial charge < -0.3 is 15.0 Å². The van der Waals surface area contributed by atoms with Gasteiger partial charge in [0.2, 0.25) is 0 Å². The van der Waals surface area contributed by atoms with E-state index in [-0.39, 0.29) is 23.3 Å². The van der Waals surface area contributed by atoms with Crippen LogP contribution in [0, 0.1) is 0 Å². The van der Waals surface area contributed by atoms with Crippen LogP contribution < -0.4 is 10.1 Å². The van der Waals surface area contributed by atoms with Gasteiger partial charge in [0.15, 0.2) is 5.75 Å². The zero-order valence-corrected chi connectivity index (χ0v) is 16.0. The number of carbonyl (C=O) groups excluding carboxylic acids is 1. The van der Waals surface area contributed by atoms with Gasteiger partial charge in [-0.1, -0.05) is 6.92 Å². The highest BCUT2D eigenvalue weighted by Gasteiger charge is 2.30. The third-order valence-electron chi connectivity index (χ3n) is 4.93. The molecule has 1 N–H and O–H groups in total. The maximum atomic E-state index is 13.0. The second-order valence-electron chi connectivity index (χ2n) is 6.49. The lowest BCUT2D eigenvalue weighted by atomic mass is 9.98. The molecule has 146 valence electrons. The molecule has 0 saturated heterocycles. The predicted octanol–water partition coefficient (Wildman–Crippen LogP) is 5.44. The third-order valence-corrected chi connectivity index (χ3v) is 5.93. The van der Waals surface area contributed by atoms with Crippen molar-refractivity contribution in [2.45, 2.75) is 32.4 Å². The van der Waals surface area contributed by atoms with Crippen molar-refractivity contribution in [2.24, 2.45) is 0 Å². The Kier molecular flexibility index (Phi) is 5.13. The van der Waals surface area contributed by atoms with Crippen molar-refractivity contribution >= 4 is 34.0 Å². The molecule has 3 heterocycles. The van der Waals surface area contributed by atoms with E-state index in [1.807, 2.05) is 4.90 Å². The molecule has 1 atom stereocenters. The molecule has 2 amide bonds. The first-order chi connectivity index (χ1) is 13.6. The van der Waals surface area contributed by atoms with Gasteiger partial charge in [-0.25, -0.2) is 4.79 Å². The number of halogens is 2. The first-order valence-electron chi connectivity index (χ1n) is 9.05. The van der Waals surface area contributed by atoms with Crippen LogP contribution in [0.2, 0.25) is 0 Å². The van der Waals surface area contributed by atoms with E-state index < -0.39 is 6.61 Å². The fourth-order valence-corrected chi connectivity index (χ4v) is 4.64. The average molecular weight is 403 g/mol. The zero-order valence-electron chi connectivity index (χ0n) is 15.2. The predicted molar refractivity (Wildman–Crippen MR) is 105 cm³/mol. The number of carbonyl (C=O) groups is 1. The summed E-state index contributed by atoms with van der Waals surface area (Å²) >= 11 is 1.73. The molecule has 3 aromatic rings. The summed E-state index contributed by atoms with van der Waals surface area (Å²) in [5, 5.41) is 5.55. The Morgan fingerprint density at radius 3 is 3.04 bits per heavy atom. The lowest BCUT2D eigenvalue weighted by Crippen LogP contribution is -2.41. The number of benzene rings is 1. The van der Waals surface area contributed by atoms with Crippen molar-refractivity contribution in [1.82, 2.24) is 9.88 Å². The number of nitrogens with zero attached hydrogens (tertiary/aromatic N) is 2. The molecule has 0 spiro atoms. The minimum absolute atomic E-state index is 0.0177. The van der Waals surface area contributed by atoms with Crippen molar-refractivity contribution < 1.29 is 18.3 Å². The van der Waals surface area contributed by atoms with Gasteiger partial charge in [-0.15, -0.1) is 11.3 Å². The Labute approximate surface area is 164 Å². The van der Waals surface area contributed by atoms with Crippen LogP contribution in [0.3, 0.4) is 0 Å². The summed E-state index contributed by atoms with van der Waals surface area (Å²) in [5.41, 5.74) is 2.01. The van der Waals surface area contributed by atoms with Gasteiger partial charge in [0.25, 0.3) is 0 Å². The maximum absolute atomic E-state index is 13.0. The number of urea groups is 1. The normalized spacial score (nSPS) is 16.3. The summed E-state index contributed by atoms with van der Waals surface area (Å²) < 4.78 is 29.9. The molecule has 0 bridgehead atoms. The fourth-order valence-electron chi connectivity index (χ4n) is 3.71. The first-order valence-corrected chi connectivity index (χ1v) is 9.93. The fraction of sp³-hybridized carbons (Fsp3) is 0.300. The van der Waals surface area contributed by atoms with Crippen LogP contribution in [0.5, 0.6) is 5.75 Å². The number of thiophene rings is 1. The molecule has 8 heteroatoms. The summed E-state index contributed by atoms with van der Waals surface area (Å²) in [6.07, 6.45) is 3.16. The van der Waals surface area contributed by atoms with Gasteiger partial charge in [-0.2, -0.15) is 8.78 Å². The van der Waals surface area contributed by atoms with Crippen LogP contribution in [0.4, 0.5) is 19.3 Å². The van der Waals surface area contributed by atoms with Gasteiger partial charge in [0, 0.05) is 23.0 Å². The van der Waals surface area contributed by atoms with Gasteiger partial charge in [0.05, 0.1) is 11.7 Å². The Bertz CT molecular complexity index is 1010. The van der Waals surface area contributed by atoms with E-state index in [2.05, 4.69) is 33.4 Å². The molecule has 1 aromatic carbocycles. The van der Waals surface area contributed by atoms with Crippen LogP contribution in [-0.2, 0) is 6.42 Å². The highest BCUT2D eigenvalue weighted by Crippen LogP contribution is 2.36. The maximum Gasteiger partial charge on any atom is 0.387 e. The lowest BCUT2D eigenvalue weighted by Gasteiger charge is -2.35. The van der Waals surface area contributed by atoms with Crippen molar-refractivity contribution in [3.63, 3.8) is 0 Å². The lowest BCUT2D eigenvalue weighted by molar-refractivity contribution is -0.0489. The molecule has 4 rings (SSSR count). The molecule has 0 radical (unpaired) electrons. The second-order valence-corrected chi connectivity index (χ2v) is 7.49. The monoisotopic (exact) mass is 403 g/mol. The summed E-state index contributed by atoms with van der Waals surface area (Å²) in [4.78, 5) is 20.3. The highest BCUT2D eigenvalue weighted by molar-refractivity contribution is 7.10. The van der Waals surface area contributed by atoms with Crippen LogP contribution in [0.25, 0.3) is 10.9 Å². The van der Waals surface area contributed by atoms with Crippen LogP contribution >= 0.6 is 11.3 Å². The first kappa shape index (κ1) is 18.6. The Morgan fingerprint density at radius 2 is 2.25 bits per heavy atom. The van der Waals surface area contributed by atoms with Crippen molar-refractivity contribution in [3.8, 4) is 5.75 Å². The molecule has 5 nitrogen and oxygen atoms in total. The minimum Gasteiger partial charge on any atom is -0.432 e. The Hall–Kier alpha value is -2.74. The summed E-state index contributed by atoms with van der Waals surface area (Å²) in [5.74, 6) is -0.0177. The van der Waals surface area contributed by atoms with Crippen molar-refractivity contribution in [3.05, 3.63) is 52.3 Å². The van der Waals surface area contributed by atoms with Crippen LogP contribution in [0.15, 0.2) is 41.9 Å². The molecule has 0 aliphatic carbocycles. The van der Waals surface area contributed by atoms with Gasteiger partial charge in [0.1, 0.15) is 5.52 Å². The number of hydrogen-bond acceptors (Lipinski definition) is 4. The summed E-state index contributed by atoms with van der Waals surface area (Å²) in [6, 6.07) is 8.29. The third kappa shape index (κ3) is 3.40. The molecule has 2 aromatic heterocycles. The minimum atomic E-state index is -2.94. The standard InChI is InChI=1S/C20H19F2N3O2S/c1-2-15-13-8-11-28-17(13)7-10-25(15)20(26)24-14-5-6-16(27-19(21)22)18-12(14)4-3-9-23-18/h3-6,8-9,11,15,19H,2,7,10H2,1H3,(H,24,26)/t15-/m0/s1. The van der Waals surface area contributed by atoms with Gasteiger partial charge in [-0.05, 0) is 54.1 Å². The van der Waals surface area contributed by atoms with Gasteiger partial charge in [-0.3, -0.25) is 4.98 Å². The number of nitrogens with one attached hydrogen (secondary N) is 1. The number of pyridine rings is 1. The van der Waals surface area contributed by atoms with E-state index >= 15 is 0 Å². The highest BCUT2D eigenvalue weighted by atomic mass is 32.1. The largest absolute Gasteiger partial charge is 0.432 e. The molecular formula is C20H19F2N3O2S. The molecule has 0 unspecified atom stereocenters. The summed E-state index contributed by atoms with van der Waals surface area (Å²) in [7, 11) is 0. The van der Waals surface area contributed by atoms with Crippen molar-refractivity contribution in [2.75, 3.05) is 11.9 Å². The molecular weight excluding hydrogens is 384 g/mol. The molecule has 1 aliphatic rings. The number of ether oxygens (including phenoxy) is 1. The zero-order chi connectivity index (χ0) is 19.7. The van der Waals surface area contributed by atoms with E-state index in [4.69, 9.17) is 0 Å². The number of amides is 2. The SMILES string of the molecule is CC[C@H]1c2ccsc2CCN1C(=O)Nc1ccc(OC(F)F)c2ncccc12. The molecule has 0 saturated carbocycles. The average Bonchev–Trinajstić information content (AvgIpc) is 3.17. The molecule has 1 aliphatic heterocycles. The number of rotatable bonds is 4. The van der Waals surface area contributed by atoms with Gasteiger partial charge >= 0.3 is 12.6 Å². The Morgan fingerprint density at radius 1 is 1.39 bits per heavy atom. The number of anilines is 1. The van der Waals surface area contributed by atoms with Crippen molar-refractivity contribution in [1.29, 1.82) is 0 Å². The van der Waals surface area contributed by atoms with Crippen LogP contribution in [-0.4, -0.2) is 29.1 Å². The number of alkyl halides is 2. The van der Waals surface area contributed by atoms with E-state index in [1.54, 1.807) is 29.5 Å².